The topological polar surface area (TPSA) is 98.7 Å². The third-order valence-corrected chi connectivity index (χ3v) is 7.59. The summed E-state index contributed by atoms with van der Waals surface area (Å²) in [6.45, 7) is 22.0. The van der Waals surface area contributed by atoms with Gasteiger partial charge < -0.3 is 20.8 Å². The van der Waals surface area contributed by atoms with Gasteiger partial charge in [0.05, 0.1) is 0 Å². The fraction of sp³-hybridized carbons (Fsp3) is 0.611. The van der Waals surface area contributed by atoms with Crippen molar-refractivity contribution in [2.45, 2.75) is 125 Å². The van der Waals surface area contributed by atoms with E-state index in [0.29, 0.717) is 62.6 Å². The van der Waals surface area contributed by atoms with Gasteiger partial charge in [0.2, 0.25) is 11.8 Å². The normalized spacial score (nSPS) is 12.2. The number of nitrogens with one attached hydrogen (secondary N) is 2. The van der Waals surface area contributed by atoms with Crippen LogP contribution in [0.15, 0.2) is 24.3 Å². The summed E-state index contributed by atoms with van der Waals surface area (Å²) in [7, 11) is 0. The zero-order chi connectivity index (χ0) is 31.8. The first-order chi connectivity index (χ1) is 19.4. The first-order valence-electron chi connectivity index (χ1n) is 15.6. The van der Waals surface area contributed by atoms with Gasteiger partial charge in [-0.25, -0.2) is 0 Å². The summed E-state index contributed by atoms with van der Waals surface area (Å²) in [6, 6.07) is 8.12. The van der Waals surface area contributed by atoms with Gasteiger partial charge in [-0.15, -0.1) is 0 Å². The molecule has 0 spiro atoms. The Labute approximate surface area is 254 Å². The van der Waals surface area contributed by atoms with Crippen molar-refractivity contribution in [1.29, 1.82) is 0 Å². The highest BCUT2D eigenvalue weighted by Gasteiger charge is 2.23. The molecule has 42 heavy (non-hydrogen) atoms. The number of hydrogen-bond donors (Lipinski definition) is 4. The van der Waals surface area contributed by atoms with E-state index < -0.39 is 0 Å². The van der Waals surface area contributed by atoms with E-state index in [0.717, 1.165) is 39.8 Å². The number of amides is 2. The van der Waals surface area contributed by atoms with Crippen LogP contribution in [0.5, 0.6) is 11.5 Å². The lowest BCUT2D eigenvalue weighted by atomic mass is 9.82. The summed E-state index contributed by atoms with van der Waals surface area (Å²) in [5.74, 6) is 1.33. The molecule has 0 bridgehead atoms. The van der Waals surface area contributed by atoms with Gasteiger partial charge in [0.15, 0.2) is 0 Å². The number of phenols is 2. The van der Waals surface area contributed by atoms with Crippen molar-refractivity contribution in [3.63, 3.8) is 0 Å². The molecule has 234 valence electrons. The Balaban J connectivity index is 1.81. The summed E-state index contributed by atoms with van der Waals surface area (Å²) in [5, 5.41) is 27.5. The molecule has 2 aromatic carbocycles. The molecule has 2 aromatic rings. The zero-order valence-corrected chi connectivity index (χ0v) is 27.8. The van der Waals surface area contributed by atoms with Crippen molar-refractivity contribution in [3.05, 3.63) is 57.6 Å². The fourth-order valence-corrected chi connectivity index (χ4v) is 5.18. The van der Waals surface area contributed by atoms with Crippen LogP contribution in [0, 0.1) is 5.92 Å². The minimum Gasteiger partial charge on any atom is -0.507 e. The summed E-state index contributed by atoms with van der Waals surface area (Å²) >= 11 is 0. The monoisotopic (exact) mass is 580 g/mol. The van der Waals surface area contributed by atoms with Gasteiger partial charge in [-0.2, -0.15) is 0 Å². The lowest BCUT2D eigenvalue weighted by molar-refractivity contribution is -0.121. The molecule has 2 rings (SSSR count). The number of rotatable bonds is 13. The molecule has 0 heterocycles. The molecular formula is C36H56N2O4. The minimum absolute atomic E-state index is 0.0138. The van der Waals surface area contributed by atoms with Gasteiger partial charge in [-0.05, 0) is 81.7 Å². The van der Waals surface area contributed by atoms with Crippen molar-refractivity contribution in [3.8, 4) is 11.5 Å². The number of benzene rings is 2. The van der Waals surface area contributed by atoms with Crippen LogP contribution >= 0.6 is 0 Å². The van der Waals surface area contributed by atoms with Crippen LogP contribution in [0.3, 0.4) is 0 Å². The second kappa shape index (κ2) is 14.9. The van der Waals surface area contributed by atoms with Crippen molar-refractivity contribution < 1.29 is 19.8 Å². The van der Waals surface area contributed by atoms with Gasteiger partial charge >= 0.3 is 0 Å². The predicted octanol–water partition coefficient (Wildman–Crippen LogP) is 7.20. The number of aromatic hydroxyl groups is 2. The minimum atomic E-state index is -0.188. The first kappa shape index (κ1) is 35.2. The molecule has 0 atom stereocenters. The molecule has 0 aliphatic carbocycles. The van der Waals surface area contributed by atoms with Gasteiger partial charge in [0, 0.05) is 25.9 Å². The molecule has 0 aliphatic heterocycles. The summed E-state index contributed by atoms with van der Waals surface area (Å²) in [4.78, 5) is 25.0. The fourth-order valence-electron chi connectivity index (χ4n) is 5.18. The van der Waals surface area contributed by atoms with E-state index in [1.54, 1.807) is 0 Å². The quantitative estimate of drug-likeness (QED) is 0.188. The maximum atomic E-state index is 12.5. The maximum Gasteiger partial charge on any atom is 0.220 e. The number of hydrogen-bond acceptors (Lipinski definition) is 4. The molecule has 0 radical (unpaired) electrons. The van der Waals surface area contributed by atoms with Crippen LogP contribution in [0.1, 0.15) is 128 Å². The van der Waals surface area contributed by atoms with E-state index in [2.05, 4.69) is 79.9 Å². The average molecular weight is 581 g/mol. The second-order valence-corrected chi connectivity index (χ2v) is 14.5. The standard InChI is InChI=1S/C36H56N2O4/c1-23(2)18-27-19-25(21-29(33(27)41)35(5,6)7)12-14-31(39)37-16-11-17-38-32(40)15-13-26-20-28(24(3)4)34(42)30(22-26)36(8,9)10/h19-24,41-42H,11-18H2,1-10H3,(H,37,39)(H,38,40). The Hall–Kier alpha value is -3.02. The first-order valence-corrected chi connectivity index (χ1v) is 15.6. The van der Waals surface area contributed by atoms with Crippen LogP contribution in [0.25, 0.3) is 0 Å². The van der Waals surface area contributed by atoms with E-state index in [1.165, 1.54) is 0 Å². The highest BCUT2D eigenvalue weighted by Crippen LogP contribution is 2.38. The molecule has 0 fully saturated rings. The molecule has 6 nitrogen and oxygen atoms in total. The van der Waals surface area contributed by atoms with E-state index >= 15 is 0 Å². The summed E-state index contributed by atoms with van der Waals surface area (Å²) in [6.07, 6.45) is 3.44. The van der Waals surface area contributed by atoms with E-state index in [9.17, 15) is 19.8 Å². The number of carbonyl (C=O) groups is 2. The molecule has 6 heteroatoms. The van der Waals surface area contributed by atoms with Crippen LogP contribution < -0.4 is 10.6 Å². The molecule has 0 unspecified atom stereocenters. The molecule has 0 aliphatic rings. The zero-order valence-electron chi connectivity index (χ0n) is 27.8. The molecule has 0 aromatic heterocycles. The molecule has 0 saturated heterocycles. The van der Waals surface area contributed by atoms with Gasteiger partial charge in [-0.3, -0.25) is 9.59 Å². The van der Waals surface area contributed by atoms with Crippen LogP contribution in [0.2, 0.25) is 0 Å². The van der Waals surface area contributed by atoms with Gasteiger partial charge in [0.25, 0.3) is 0 Å². The van der Waals surface area contributed by atoms with Crippen molar-refractivity contribution in [1.82, 2.24) is 10.6 Å². The van der Waals surface area contributed by atoms with Crippen LogP contribution in [0.4, 0.5) is 0 Å². The second-order valence-electron chi connectivity index (χ2n) is 14.5. The number of aryl methyl sites for hydroxylation is 2. The van der Waals surface area contributed by atoms with E-state index in [4.69, 9.17) is 0 Å². The Morgan fingerprint density at radius 2 is 1.17 bits per heavy atom. The van der Waals surface area contributed by atoms with Crippen molar-refractivity contribution in [2.75, 3.05) is 13.1 Å². The largest absolute Gasteiger partial charge is 0.507 e. The molecule has 4 N–H and O–H groups in total. The summed E-state index contributed by atoms with van der Waals surface area (Å²) < 4.78 is 0. The third kappa shape index (κ3) is 10.7. The Morgan fingerprint density at radius 1 is 0.714 bits per heavy atom. The van der Waals surface area contributed by atoms with E-state index in [1.807, 2.05) is 24.3 Å². The predicted molar refractivity (Wildman–Crippen MR) is 174 cm³/mol. The SMILES string of the molecule is CC(C)Cc1cc(CCC(=O)NCCCNC(=O)CCc2cc(C(C)C)c(O)c(C(C)(C)C)c2)cc(C(C)(C)C)c1O. The van der Waals surface area contributed by atoms with Crippen LogP contribution in [-0.4, -0.2) is 35.1 Å². The molecular weight excluding hydrogens is 524 g/mol. The van der Waals surface area contributed by atoms with Gasteiger partial charge in [0.1, 0.15) is 11.5 Å². The highest BCUT2D eigenvalue weighted by molar-refractivity contribution is 5.77. The Bertz CT molecular complexity index is 1220. The smallest absolute Gasteiger partial charge is 0.220 e. The third-order valence-electron chi connectivity index (χ3n) is 7.59. The molecule has 0 saturated carbocycles. The van der Waals surface area contributed by atoms with Crippen LogP contribution in [-0.2, 0) is 39.7 Å². The average Bonchev–Trinajstić information content (AvgIpc) is 2.86. The Morgan fingerprint density at radius 3 is 1.60 bits per heavy atom. The highest BCUT2D eigenvalue weighted by atomic mass is 16.3. The lowest BCUT2D eigenvalue weighted by Crippen LogP contribution is -2.30. The molecule has 2 amide bonds. The maximum absolute atomic E-state index is 12.5. The summed E-state index contributed by atoms with van der Waals surface area (Å²) in [5.41, 5.74) is 5.46. The lowest BCUT2D eigenvalue weighted by Gasteiger charge is -2.24. The Kier molecular flexibility index (Phi) is 12.5. The van der Waals surface area contributed by atoms with Crippen molar-refractivity contribution in [2.24, 2.45) is 5.92 Å². The van der Waals surface area contributed by atoms with E-state index in [-0.39, 0.29) is 28.6 Å². The number of phenolic OH excluding ortho intramolecular Hbond substituents is 2. The van der Waals surface area contributed by atoms with Gasteiger partial charge in [-0.1, -0.05) is 93.5 Å². The van der Waals surface area contributed by atoms with Crippen molar-refractivity contribution >= 4 is 11.8 Å². The number of carbonyl (C=O) groups excluding carboxylic acids is 2.